The summed E-state index contributed by atoms with van der Waals surface area (Å²) in [6.45, 7) is 2.46. The number of carbonyl (C=O) groups excluding carboxylic acids is 1. The van der Waals surface area contributed by atoms with E-state index in [1.807, 2.05) is 32.3 Å². The van der Waals surface area contributed by atoms with Gasteiger partial charge in [-0.3, -0.25) is 4.79 Å². The molecule has 6 heteroatoms. The molecular formula is C19H27N5O. The lowest BCUT2D eigenvalue weighted by molar-refractivity contribution is 0.0952. The van der Waals surface area contributed by atoms with Crippen LogP contribution < -0.4 is 10.6 Å². The Labute approximate surface area is 149 Å². The van der Waals surface area contributed by atoms with Gasteiger partial charge in [0.05, 0.1) is 5.56 Å². The Morgan fingerprint density at radius 3 is 2.44 bits per heavy atom. The number of aryl methyl sites for hydroxylation is 1. The van der Waals surface area contributed by atoms with Gasteiger partial charge in [0.1, 0.15) is 0 Å². The number of carbonyl (C=O) groups is 1. The molecule has 0 saturated heterocycles. The van der Waals surface area contributed by atoms with Crippen LogP contribution in [0, 0.1) is 0 Å². The van der Waals surface area contributed by atoms with E-state index in [0.717, 1.165) is 32.4 Å². The minimum atomic E-state index is -0.132. The van der Waals surface area contributed by atoms with Crippen molar-refractivity contribution < 1.29 is 4.79 Å². The second kappa shape index (κ2) is 10.4. The van der Waals surface area contributed by atoms with Crippen LogP contribution >= 0.6 is 0 Å². The van der Waals surface area contributed by atoms with Crippen molar-refractivity contribution in [2.75, 3.05) is 39.0 Å². The van der Waals surface area contributed by atoms with Crippen LogP contribution in [0.15, 0.2) is 42.7 Å². The highest BCUT2D eigenvalue weighted by molar-refractivity contribution is 5.93. The molecule has 0 radical (unpaired) electrons. The molecular weight excluding hydrogens is 314 g/mol. The lowest BCUT2D eigenvalue weighted by atomic mass is 10.1. The third-order valence-corrected chi connectivity index (χ3v) is 3.75. The molecule has 0 fully saturated rings. The average Bonchev–Trinajstić information content (AvgIpc) is 2.63. The van der Waals surface area contributed by atoms with Crippen molar-refractivity contribution in [2.24, 2.45) is 0 Å². The van der Waals surface area contributed by atoms with E-state index >= 15 is 0 Å². The Kier molecular flexibility index (Phi) is 7.85. The van der Waals surface area contributed by atoms with Crippen LogP contribution in [0.4, 0.5) is 5.95 Å². The number of aromatic nitrogens is 2. The molecule has 1 aromatic carbocycles. The molecule has 0 aliphatic carbocycles. The first-order valence-corrected chi connectivity index (χ1v) is 8.68. The number of hydrogen-bond acceptors (Lipinski definition) is 5. The highest BCUT2D eigenvalue weighted by Gasteiger charge is 2.06. The molecule has 0 unspecified atom stereocenters. The fraction of sp³-hybridized carbons (Fsp3) is 0.421. The molecule has 25 heavy (non-hydrogen) atoms. The third-order valence-electron chi connectivity index (χ3n) is 3.75. The summed E-state index contributed by atoms with van der Waals surface area (Å²) in [7, 11) is 4.09. The lowest BCUT2D eigenvalue weighted by Crippen LogP contribution is -2.25. The van der Waals surface area contributed by atoms with Gasteiger partial charge in [0.15, 0.2) is 0 Å². The number of nitrogens with zero attached hydrogens (tertiary/aromatic N) is 3. The van der Waals surface area contributed by atoms with Crippen LogP contribution in [0.25, 0.3) is 0 Å². The third kappa shape index (κ3) is 7.30. The zero-order valence-electron chi connectivity index (χ0n) is 15.0. The Bertz CT molecular complexity index is 628. The maximum atomic E-state index is 12.1. The lowest BCUT2D eigenvalue weighted by Gasteiger charge is -2.10. The van der Waals surface area contributed by atoms with Crippen LogP contribution in [0.3, 0.4) is 0 Å². The summed E-state index contributed by atoms with van der Waals surface area (Å²) in [5, 5.41) is 6.06. The molecule has 2 rings (SSSR count). The van der Waals surface area contributed by atoms with Crippen LogP contribution in [0.5, 0.6) is 0 Å². The number of anilines is 1. The fourth-order valence-corrected chi connectivity index (χ4v) is 2.37. The summed E-state index contributed by atoms with van der Waals surface area (Å²) >= 11 is 0. The van der Waals surface area contributed by atoms with Gasteiger partial charge in [-0.25, -0.2) is 9.97 Å². The number of benzene rings is 1. The molecule has 0 saturated carbocycles. The molecule has 134 valence electrons. The quantitative estimate of drug-likeness (QED) is 0.648. The average molecular weight is 341 g/mol. The minimum Gasteiger partial charge on any atom is -0.354 e. The van der Waals surface area contributed by atoms with E-state index < -0.39 is 0 Å². The monoisotopic (exact) mass is 341 g/mol. The fourth-order valence-electron chi connectivity index (χ4n) is 2.37. The van der Waals surface area contributed by atoms with Gasteiger partial charge < -0.3 is 15.5 Å². The predicted octanol–water partition coefficient (Wildman–Crippen LogP) is 2.20. The van der Waals surface area contributed by atoms with Crippen LogP contribution in [-0.2, 0) is 6.42 Å². The first-order chi connectivity index (χ1) is 12.1. The number of hydrogen-bond donors (Lipinski definition) is 2. The molecule has 0 atom stereocenters. The van der Waals surface area contributed by atoms with Crippen molar-refractivity contribution in [3.05, 3.63) is 53.9 Å². The molecule has 0 spiro atoms. The molecule has 0 aliphatic rings. The van der Waals surface area contributed by atoms with Crippen molar-refractivity contribution in [2.45, 2.75) is 19.3 Å². The standard InChI is InChI=1S/C19H27N5O/c1-24(2)13-7-12-21-19-22-14-17(15-23-19)18(25)20-11-6-10-16-8-4-3-5-9-16/h3-5,8-9,14-15H,6-7,10-13H2,1-2H3,(H,20,25)(H,21,22,23). The Balaban J connectivity index is 1.67. The van der Waals surface area contributed by atoms with Crippen LogP contribution in [-0.4, -0.2) is 54.5 Å². The van der Waals surface area contributed by atoms with Crippen molar-refractivity contribution in [3.63, 3.8) is 0 Å². The van der Waals surface area contributed by atoms with E-state index in [4.69, 9.17) is 0 Å². The minimum absolute atomic E-state index is 0.132. The molecule has 0 bridgehead atoms. The second-order valence-corrected chi connectivity index (χ2v) is 6.22. The van der Waals surface area contributed by atoms with Gasteiger partial charge in [-0.15, -0.1) is 0 Å². The topological polar surface area (TPSA) is 70.2 Å². The van der Waals surface area contributed by atoms with Gasteiger partial charge in [0.2, 0.25) is 5.95 Å². The molecule has 1 aromatic heterocycles. The Morgan fingerprint density at radius 2 is 1.76 bits per heavy atom. The van der Waals surface area contributed by atoms with E-state index in [1.165, 1.54) is 5.56 Å². The van der Waals surface area contributed by atoms with E-state index in [-0.39, 0.29) is 5.91 Å². The number of rotatable bonds is 10. The van der Waals surface area contributed by atoms with Gasteiger partial charge in [-0.2, -0.15) is 0 Å². The van der Waals surface area contributed by atoms with Crippen molar-refractivity contribution >= 4 is 11.9 Å². The highest BCUT2D eigenvalue weighted by Crippen LogP contribution is 2.03. The summed E-state index contributed by atoms with van der Waals surface area (Å²) < 4.78 is 0. The maximum absolute atomic E-state index is 12.1. The van der Waals surface area contributed by atoms with E-state index in [9.17, 15) is 4.79 Å². The summed E-state index contributed by atoms with van der Waals surface area (Å²) in [4.78, 5) is 22.6. The first kappa shape index (κ1) is 18.9. The van der Waals surface area contributed by atoms with E-state index in [0.29, 0.717) is 18.1 Å². The summed E-state index contributed by atoms with van der Waals surface area (Å²) in [6, 6.07) is 10.3. The normalized spacial score (nSPS) is 10.7. The Morgan fingerprint density at radius 1 is 1.04 bits per heavy atom. The smallest absolute Gasteiger partial charge is 0.254 e. The summed E-state index contributed by atoms with van der Waals surface area (Å²) in [5.41, 5.74) is 1.77. The largest absolute Gasteiger partial charge is 0.354 e. The van der Waals surface area contributed by atoms with Crippen molar-refractivity contribution in [3.8, 4) is 0 Å². The molecule has 2 N–H and O–H groups in total. The van der Waals surface area contributed by atoms with Crippen molar-refractivity contribution in [1.82, 2.24) is 20.2 Å². The van der Waals surface area contributed by atoms with Gasteiger partial charge >= 0.3 is 0 Å². The first-order valence-electron chi connectivity index (χ1n) is 8.68. The molecule has 2 aromatic rings. The van der Waals surface area contributed by atoms with Crippen molar-refractivity contribution in [1.29, 1.82) is 0 Å². The van der Waals surface area contributed by atoms with Crippen LogP contribution in [0.2, 0.25) is 0 Å². The van der Waals surface area contributed by atoms with Gasteiger partial charge in [-0.1, -0.05) is 30.3 Å². The van der Waals surface area contributed by atoms with Crippen LogP contribution in [0.1, 0.15) is 28.8 Å². The SMILES string of the molecule is CN(C)CCCNc1ncc(C(=O)NCCCc2ccccc2)cn1. The number of nitrogens with one attached hydrogen (secondary N) is 2. The zero-order chi connectivity index (χ0) is 17.9. The van der Waals surface area contributed by atoms with Gasteiger partial charge in [0.25, 0.3) is 5.91 Å². The van der Waals surface area contributed by atoms with Gasteiger partial charge in [-0.05, 0) is 45.5 Å². The van der Waals surface area contributed by atoms with E-state index in [1.54, 1.807) is 12.4 Å². The summed E-state index contributed by atoms with van der Waals surface area (Å²) in [5.74, 6) is 0.423. The Hall–Kier alpha value is -2.47. The molecule has 1 heterocycles. The predicted molar refractivity (Wildman–Crippen MR) is 101 cm³/mol. The maximum Gasteiger partial charge on any atom is 0.254 e. The molecule has 6 nitrogen and oxygen atoms in total. The summed E-state index contributed by atoms with van der Waals surface area (Å²) in [6.07, 6.45) is 6.00. The molecule has 0 aliphatic heterocycles. The molecule has 1 amide bonds. The second-order valence-electron chi connectivity index (χ2n) is 6.22. The van der Waals surface area contributed by atoms with Gasteiger partial charge in [0, 0.05) is 25.5 Å². The highest BCUT2D eigenvalue weighted by atomic mass is 16.1. The zero-order valence-corrected chi connectivity index (χ0v) is 15.0. The van der Waals surface area contributed by atoms with E-state index in [2.05, 4.69) is 37.6 Å². The number of amides is 1.